The molecule has 0 spiro atoms. The number of benzene rings is 3. The van der Waals surface area contributed by atoms with Crippen molar-refractivity contribution in [2.75, 3.05) is 7.05 Å². The quantitative estimate of drug-likeness (QED) is 0.0909. The standard InChI is InChI=1S/C34H28F7N5O2S/c1-20(24-14-42-43-15-24)28-17-46(32(44-31(28)48)49-19-22-5-10-26(35)11-6-22)18-30(47)45(2)16-21-3-7-23(8-4-21)27-12-9-25(33(36,37)38)13-29(27)34(39,40)41/h3-15,17,20H,16,18-19H2,1-2H3,(H,42,43). The molecule has 0 saturated heterocycles. The maximum atomic E-state index is 13.7. The third-order valence-electron chi connectivity index (χ3n) is 7.82. The number of carbonyl (C=O) groups excluding carboxylic acids is 1. The van der Waals surface area contributed by atoms with Gasteiger partial charge in [0.05, 0.1) is 17.3 Å². The lowest BCUT2D eigenvalue weighted by Crippen LogP contribution is -2.31. The first-order chi connectivity index (χ1) is 23.1. The van der Waals surface area contributed by atoms with Crippen molar-refractivity contribution in [2.45, 2.75) is 49.2 Å². The van der Waals surface area contributed by atoms with Crippen LogP contribution in [0.1, 0.15) is 46.2 Å². The number of halogens is 7. The zero-order chi connectivity index (χ0) is 35.5. The summed E-state index contributed by atoms with van der Waals surface area (Å²) in [5.41, 5.74) is -1.25. The predicted octanol–water partition coefficient (Wildman–Crippen LogP) is 7.91. The molecule has 5 aromatic rings. The van der Waals surface area contributed by atoms with E-state index < -0.39 is 46.3 Å². The van der Waals surface area contributed by atoms with Gasteiger partial charge in [-0.15, -0.1) is 0 Å². The third kappa shape index (κ3) is 8.57. The Labute approximate surface area is 279 Å². The van der Waals surface area contributed by atoms with Crippen LogP contribution >= 0.6 is 11.8 Å². The summed E-state index contributed by atoms with van der Waals surface area (Å²) in [6.07, 6.45) is -5.16. The van der Waals surface area contributed by atoms with Crippen molar-refractivity contribution in [1.29, 1.82) is 0 Å². The summed E-state index contributed by atoms with van der Waals surface area (Å²) < 4.78 is 95.4. The van der Waals surface area contributed by atoms with Crippen LogP contribution in [-0.4, -0.2) is 37.6 Å². The van der Waals surface area contributed by atoms with E-state index in [2.05, 4.69) is 15.2 Å². The van der Waals surface area contributed by atoms with E-state index >= 15 is 0 Å². The van der Waals surface area contributed by atoms with Crippen LogP contribution in [0.25, 0.3) is 11.1 Å². The number of hydrogen-bond donors (Lipinski definition) is 1. The summed E-state index contributed by atoms with van der Waals surface area (Å²) in [6, 6.07) is 13.0. The van der Waals surface area contributed by atoms with Gasteiger partial charge in [0.25, 0.3) is 5.56 Å². The van der Waals surface area contributed by atoms with Gasteiger partial charge in [0, 0.05) is 43.2 Å². The van der Waals surface area contributed by atoms with E-state index in [-0.39, 0.29) is 35.8 Å². The van der Waals surface area contributed by atoms with Crippen molar-refractivity contribution in [2.24, 2.45) is 0 Å². The van der Waals surface area contributed by atoms with Crippen molar-refractivity contribution in [3.8, 4) is 11.1 Å². The molecule has 1 atom stereocenters. The summed E-state index contributed by atoms with van der Waals surface area (Å²) in [4.78, 5) is 32.2. The average molecular weight is 704 g/mol. The lowest BCUT2D eigenvalue weighted by atomic mass is 9.96. The fraction of sp³-hybridized carbons (Fsp3) is 0.235. The number of H-pyrrole nitrogens is 1. The number of amides is 1. The number of thioether (sulfide) groups is 1. The van der Waals surface area contributed by atoms with Gasteiger partial charge in [0.15, 0.2) is 5.16 Å². The van der Waals surface area contributed by atoms with E-state index in [4.69, 9.17) is 0 Å². The molecule has 1 amide bonds. The first-order valence-corrected chi connectivity index (χ1v) is 15.7. The molecule has 7 nitrogen and oxygen atoms in total. The molecule has 5 rings (SSSR count). The molecule has 1 unspecified atom stereocenters. The van der Waals surface area contributed by atoms with E-state index in [1.807, 2.05) is 0 Å². The number of aromatic nitrogens is 4. The Morgan fingerprint density at radius 2 is 1.63 bits per heavy atom. The molecular formula is C34H28F7N5O2S. The van der Waals surface area contributed by atoms with Gasteiger partial charge in [-0.25, -0.2) is 4.39 Å². The largest absolute Gasteiger partial charge is 0.417 e. The summed E-state index contributed by atoms with van der Waals surface area (Å²) in [5.74, 6) is -0.818. The van der Waals surface area contributed by atoms with Gasteiger partial charge in [-0.2, -0.15) is 36.4 Å². The molecule has 15 heteroatoms. The van der Waals surface area contributed by atoms with Crippen LogP contribution in [-0.2, 0) is 36.0 Å². The predicted molar refractivity (Wildman–Crippen MR) is 169 cm³/mol. The molecule has 0 aliphatic heterocycles. The van der Waals surface area contributed by atoms with Gasteiger partial charge in [-0.3, -0.25) is 14.7 Å². The van der Waals surface area contributed by atoms with Crippen LogP contribution in [0.4, 0.5) is 30.7 Å². The van der Waals surface area contributed by atoms with E-state index in [0.717, 1.165) is 17.2 Å². The number of hydrogen-bond acceptors (Lipinski definition) is 5. The van der Waals surface area contributed by atoms with Crippen LogP contribution in [0.2, 0.25) is 0 Å². The second-order valence-electron chi connectivity index (χ2n) is 11.3. The Hall–Kier alpha value is -4.92. The van der Waals surface area contributed by atoms with Crippen molar-refractivity contribution >= 4 is 17.7 Å². The first kappa shape index (κ1) is 35.4. The normalized spacial score (nSPS) is 12.6. The van der Waals surface area contributed by atoms with Gasteiger partial charge in [-0.05, 0) is 52.1 Å². The van der Waals surface area contributed by atoms with E-state index in [9.17, 15) is 40.3 Å². The minimum absolute atomic E-state index is 0.0557. The summed E-state index contributed by atoms with van der Waals surface area (Å²) >= 11 is 1.20. The number of nitrogens with one attached hydrogen (secondary N) is 1. The van der Waals surface area contributed by atoms with Crippen LogP contribution in [0.5, 0.6) is 0 Å². The Kier molecular flexibility index (Phi) is 10.3. The maximum absolute atomic E-state index is 13.7. The number of alkyl halides is 6. The Morgan fingerprint density at radius 1 is 0.959 bits per heavy atom. The molecule has 0 saturated carbocycles. The molecule has 0 bridgehead atoms. The summed E-state index contributed by atoms with van der Waals surface area (Å²) in [7, 11) is 1.53. The number of nitrogens with zero attached hydrogens (tertiary/aromatic N) is 4. The number of carbonyl (C=O) groups is 1. The van der Waals surface area contributed by atoms with E-state index in [1.165, 1.54) is 60.1 Å². The molecule has 2 aromatic heterocycles. The van der Waals surface area contributed by atoms with Crippen molar-refractivity contribution < 1.29 is 35.5 Å². The Balaban J connectivity index is 1.35. The highest BCUT2D eigenvalue weighted by Gasteiger charge is 2.38. The summed E-state index contributed by atoms with van der Waals surface area (Å²) in [6.45, 7) is 1.65. The van der Waals surface area contributed by atoms with Crippen LogP contribution in [0, 0.1) is 5.82 Å². The molecule has 0 radical (unpaired) electrons. The highest BCUT2D eigenvalue weighted by molar-refractivity contribution is 7.98. The molecule has 2 heterocycles. The van der Waals surface area contributed by atoms with Crippen LogP contribution in [0.15, 0.2) is 95.3 Å². The zero-order valence-corrected chi connectivity index (χ0v) is 26.8. The minimum Gasteiger partial charge on any atom is -0.340 e. The monoisotopic (exact) mass is 703 g/mol. The first-order valence-electron chi connectivity index (χ1n) is 14.7. The number of aromatic amines is 1. The third-order valence-corrected chi connectivity index (χ3v) is 8.88. The van der Waals surface area contributed by atoms with Crippen molar-refractivity contribution in [1.82, 2.24) is 24.6 Å². The van der Waals surface area contributed by atoms with Gasteiger partial charge >= 0.3 is 12.4 Å². The minimum atomic E-state index is -5.02. The lowest BCUT2D eigenvalue weighted by molar-refractivity contribution is -0.142. The molecule has 3 aromatic carbocycles. The maximum Gasteiger partial charge on any atom is 0.417 e. The van der Waals surface area contributed by atoms with E-state index in [0.29, 0.717) is 22.9 Å². The Morgan fingerprint density at radius 3 is 2.24 bits per heavy atom. The number of rotatable bonds is 10. The Bertz CT molecular complexity index is 1980. The fourth-order valence-electron chi connectivity index (χ4n) is 5.05. The smallest absolute Gasteiger partial charge is 0.340 e. The van der Waals surface area contributed by atoms with Crippen molar-refractivity contribution in [3.63, 3.8) is 0 Å². The second-order valence-corrected chi connectivity index (χ2v) is 12.2. The van der Waals surface area contributed by atoms with Gasteiger partial charge in [-0.1, -0.05) is 61.2 Å². The van der Waals surface area contributed by atoms with Gasteiger partial charge in [0.2, 0.25) is 5.91 Å². The van der Waals surface area contributed by atoms with Gasteiger partial charge < -0.3 is 9.47 Å². The molecule has 0 aliphatic carbocycles. The number of likely N-dealkylation sites (N-methyl/N-ethyl adjacent to an activating group) is 1. The average Bonchev–Trinajstić information content (AvgIpc) is 3.60. The molecule has 0 fully saturated rings. The lowest BCUT2D eigenvalue weighted by Gasteiger charge is -2.21. The molecule has 0 aliphatic rings. The van der Waals surface area contributed by atoms with Crippen molar-refractivity contribution in [3.05, 3.63) is 135 Å². The molecule has 49 heavy (non-hydrogen) atoms. The zero-order valence-electron chi connectivity index (χ0n) is 25.9. The SMILES string of the molecule is CC(c1cn[nH]c1)c1cn(CC(=O)N(C)Cc2ccc(-c3ccc(C(F)(F)F)cc3C(F)(F)F)cc2)c(SCc2ccc(F)cc2)nc1=O. The highest BCUT2D eigenvalue weighted by Crippen LogP contribution is 2.41. The highest BCUT2D eigenvalue weighted by atomic mass is 32.2. The summed E-state index contributed by atoms with van der Waals surface area (Å²) in [5, 5.41) is 6.90. The van der Waals surface area contributed by atoms with E-state index in [1.54, 1.807) is 42.2 Å². The molecule has 256 valence electrons. The fourth-order valence-corrected chi connectivity index (χ4v) is 5.97. The second kappa shape index (κ2) is 14.3. The van der Waals surface area contributed by atoms with Crippen LogP contribution < -0.4 is 5.56 Å². The molecule has 1 N–H and O–H groups in total. The molecular weight excluding hydrogens is 675 g/mol. The van der Waals surface area contributed by atoms with Crippen LogP contribution in [0.3, 0.4) is 0 Å². The topological polar surface area (TPSA) is 83.9 Å². The van der Waals surface area contributed by atoms with Gasteiger partial charge in [0.1, 0.15) is 12.4 Å².